The molecule has 4 N–H and O–H groups in total. The largest absolute Gasteiger partial charge is 0.366 e. The summed E-state index contributed by atoms with van der Waals surface area (Å²) in [6, 6.07) is 4.64. The van der Waals surface area contributed by atoms with Crippen molar-refractivity contribution in [1.82, 2.24) is 0 Å². The summed E-state index contributed by atoms with van der Waals surface area (Å²) in [5.74, 6) is -0.785. The number of carbonyl (C=O) groups excluding carboxylic acids is 1. The average molecular weight is 256 g/mol. The Morgan fingerprint density at radius 2 is 2.00 bits per heavy atom. The van der Waals surface area contributed by atoms with Gasteiger partial charge in [0.25, 0.3) is 0 Å². The number of unbranched alkanes of at least 4 members (excludes halogenated alkanes) is 1. The van der Waals surface area contributed by atoms with Crippen molar-refractivity contribution in [2.45, 2.75) is 31.1 Å². The molecule has 0 heterocycles. The summed E-state index contributed by atoms with van der Waals surface area (Å²) >= 11 is 0. The fraction of sp³-hybridized carbons (Fsp3) is 0.364. The molecule has 0 bridgehead atoms. The van der Waals surface area contributed by atoms with E-state index in [9.17, 15) is 13.2 Å². The number of nitrogens with two attached hydrogens (primary N) is 2. The van der Waals surface area contributed by atoms with Crippen molar-refractivity contribution >= 4 is 15.9 Å². The van der Waals surface area contributed by atoms with E-state index < -0.39 is 15.9 Å². The predicted molar refractivity (Wildman–Crippen MR) is 64.9 cm³/mol. The first-order valence-electron chi connectivity index (χ1n) is 5.32. The molecule has 0 atom stereocenters. The van der Waals surface area contributed by atoms with Crippen LogP contribution >= 0.6 is 0 Å². The summed E-state index contributed by atoms with van der Waals surface area (Å²) in [6.45, 7) is 1.99. The average Bonchev–Trinajstić information content (AvgIpc) is 2.24. The number of primary amides is 1. The Kier molecular flexibility index (Phi) is 4.25. The number of benzene rings is 1. The van der Waals surface area contributed by atoms with E-state index in [0.29, 0.717) is 12.0 Å². The highest BCUT2D eigenvalue weighted by Gasteiger charge is 2.21. The maximum absolute atomic E-state index is 11.5. The second-order valence-electron chi connectivity index (χ2n) is 3.81. The minimum atomic E-state index is -3.94. The van der Waals surface area contributed by atoms with Gasteiger partial charge in [0.2, 0.25) is 15.9 Å². The molecule has 17 heavy (non-hydrogen) atoms. The molecule has 0 saturated carbocycles. The molecule has 0 aliphatic rings. The molecule has 5 nitrogen and oxygen atoms in total. The summed E-state index contributed by atoms with van der Waals surface area (Å²) < 4.78 is 23.0. The Morgan fingerprint density at radius 1 is 1.35 bits per heavy atom. The van der Waals surface area contributed by atoms with E-state index in [1.54, 1.807) is 12.1 Å². The van der Waals surface area contributed by atoms with Crippen LogP contribution in [-0.2, 0) is 16.4 Å². The van der Waals surface area contributed by atoms with Crippen molar-refractivity contribution in [1.29, 1.82) is 0 Å². The molecule has 0 radical (unpaired) electrons. The monoisotopic (exact) mass is 256 g/mol. The van der Waals surface area contributed by atoms with Crippen LogP contribution in [0.2, 0.25) is 0 Å². The number of hydrogen-bond donors (Lipinski definition) is 2. The Hall–Kier alpha value is -1.40. The third-order valence-electron chi connectivity index (χ3n) is 2.45. The van der Waals surface area contributed by atoms with Crippen LogP contribution in [0.3, 0.4) is 0 Å². The van der Waals surface area contributed by atoms with Crippen LogP contribution in [0.25, 0.3) is 0 Å². The molecule has 0 unspecified atom stereocenters. The minimum Gasteiger partial charge on any atom is -0.366 e. The Morgan fingerprint density at radius 3 is 2.47 bits per heavy atom. The molecule has 6 heteroatoms. The van der Waals surface area contributed by atoms with Gasteiger partial charge in [-0.3, -0.25) is 4.79 Å². The summed E-state index contributed by atoms with van der Waals surface area (Å²) in [6.07, 6.45) is 2.30. The van der Waals surface area contributed by atoms with E-state index in [1.165, 1.54) is 6.07 Å². The van der Waals surface area contributed by atoms with Crippen LogP contribution in [-0.4, -0.2) is 14.3 Å². The Labute approximate surface area is 101 Å². The highest BCUT2D eigenvalue weighted by molar-refractivity contribution is 7.89. The second kappa shape index (κ2) is 5.29. The molecular formula is C11H16N2O3S. The maximum Gasteiger partial charge on any atom is 0.250 e. The van der Waals surface area contributed by atoms with Gasteiger partial charge in [-0.2, -0.15) is 0 Å². The van der Waals surface area contributed by atoms with Crippen LogP contribution in [0.4, 0.5) is 0 Å². The molecule has 0 spiro atoms. The SMILES string of the molecule is CCCCc1cccc(C(N)=O)c1S(N)(=O)=O. The maximum atomic E-state index is 11.5. The van der Waals surface area contributed by atoms with Crippen LogP contribution in [0, 0.1) is 0 Å². The standard InChI is InChI=1S/C11H16N2O3S/c1-2-3-5-8-6-4-7-9(11(12)14)10(8)17(13,15)16/h4,6-7H,2-3,5H2,1H3,(H2,12,14)(H2,13,15,16). The van der Waals surface area contributed by atoms with Crippen molar-refractivity contribution in [3.8, 4) is 0 Å². The molecule has 0 saturated heterocycles. The van der Waals surface area contributed by atoms with Crippen LogP contribution in [0.15, 0.2) is 23.1 Å². The van der Waals surface area contributed by atoms with Crippen LogP contribution < -0.4 is 10.9 Å². The summed E-state index contributed by atoms with van der Waals surface area (Å²) in [4.78, 5) is 11.1. The van der Waals surface area contributed by atoms with E-state index in [-0.39, 0.29) is 10.5 Å². The number of aryl methyl sites for hydroxylation is 1. The summed E-state index contributed by atoms with van der Waals surface area (Å²) in [7, 11) is -3.94. The Balaban J connectivity index is 3.40. The van der Waals surface area contributed by atoms with Gasteiger partial charge in [0.1, 0.15) is 0 Å². The number of rotatable bonds is 5. The zero-order chi connectivity index (χ0) is 13.1. The van der Waals surface area contributed by atoms with Gasteiger partial charge >= 0.3 is 0 Å². The fourth-order valence-corrected chi connectivity index (χ4v) is 2.69. The summed E-state index contributed by atoms with van der Waals surface area (Å²) in [5, 5.41) is 5.13. The molecule has 0 aliphatic heterocycles. The van der Waals surface area contributed by atoms with Gasteiger partial charge in [-0.25, -0.2) is 13.6 Å². The lowest BCUT2D eigenvalue weighted by Gasteiger charge is -2.10. The van der Waals surface area contributed by atoms with Crippen molar-refractivity contribution in [3.63, 3.8) is 0 Å². The molecule has 94 valence electrons. The van der Waals surface area contributed by atoms with Gasteiger partial charge in [-0.15, -0.1) is 0 Å². The molecule has 1 amide bonds. The molecule has 1 aromatic rings. The topological polar surface area (TPSA) is 103 Å². The van der Waals surface area contributed by atoms with Crippen molar-refractivity contribution in [2.75, 3.05) is 0 Å². The lowest BCUT2D eigenvalue weighted by atomic mass is 10.0. The number of primary sulfonamides is 1. The third-order valence-corrected chi connectivity index (χ3v) is 3.50. The first-order valence-corrected chi connectivity index (χ1v) is 6.87. The van der Waals surface area contributed by atoms with Gasteiger partial charge < -0.3 is 5.73 Å². The zero-order valence-electron chi connectivity index (χ0n) is 9.64. The fourth-order valence-electron chi connectivity index (χ4n) is 1.68. The van der Waals surface area contributed by atoms with E-state index in [2.05, 4.69) is 0 Å². The lowest BCUT2D eigenvalue weighted by Crippen LogP contribution is -2.22. The highest BCUT2D eigenvalue weighted by Crippen LogP contribution is 2.21. The molecule has 0 fully saturated rings. The first kappa shape index (κ1) is 13.7. The van der Waals surface area contributed by atoms with Gasteiger partial charge in [-0.1, -0.05) is 25.5 Å². The molecule has 0 aliphatic carbocycles. The van der Waals surface area contributed by atoms with Crippen molar-refractivity contribution in [2.24, 2.45) is 10.9 Å². The van der Waals surface area contributed by atoms with Gasteiger partial charge in [-0.05, 0) is 24.5 Å². The number of hydrogen-bond acceptors (Lipinski definition) is 3. The van der Waals surface area contributed by atoms with E-state index >= 15 is 0 Å². The smallest absolute Gasteiger partial charge is 0.250 e. The number of carbonyl (C=O) groups is 1. The quantitative estimate of drug-likeness (QED) is 0.813. The zero-order valence-corrected chi connectivity index (χ0v) is 10.5. The summed E-state index contributed by atoms with van der Waals surface area (Å²) in [5.41, 5.74) is 5.66. The van der Waals surface area contributed by atoms with E-state index in [4.69, 9.17) is 10.9 Å². The molecule has 1 rings (SSSR count). The second-order valence-corrected chi connectivity index (χ2v) is 5.30. The predicted octanol–water partition coefficient (Wildman–Crippen LogP) is 0.776. The minimum absolute atomic E-state index is 0.0406. The molecule has 1 aromatic carbocycles. The lowest BCUT2D eigenvalue weighted by molar-refractivity contribution is 0.0997. The van der Waals surface area contributed by atoms with Gasteiger partial charge in [0.15, 0.2) is 0 Å². The van der Waals surface area contributed by atoms with Crippen LogP contribution in [0.1, 0.15) is 35.7 Å². The van der Waals surface area contributed by atoms with Crippen molar-refractivity contribution in [3.05, 3.63) is 29.3 Å². The molecular weight excluding hydrogens is 240 g/mol. The molecule has 0 aromatic heterocycles. The Bertz CT molecular complexity index is 524. The van der Waals surface area contributed by atoms with Crippen molar-refractivity contribution < 1.29 is 13.2 Å². The number of sulfonamides is 1. The van der Waals surface area contributed by atoms with Gasteiger partial charge in [0.05, 0.1) is 10.5 Å². The van der Waals surface area contributed by atoms with Gasteiger partial charge in [0, 0.05) is 0 Å². The normalized spacial score (nSPS) is 11.4. The van der Waals surface area contributed by atoms with E-state index in [0.717, 1.165) is 12.8 Å². The third kappa shape index (κ3) is 3.28. The first-order chi connectivity index (χ1) is 7.88. The van der Waals surface area contributed by atoms with E-state index in [1.807, 2.05) is 6.92 Å². The van der Waals surface area contributed by atoms with Crippen LogP contribution in [0.5, 0.6) is 0 Å². The highest BCUT2D eigenvalue weighted by atomic mass is 32.2. The number of amides is 1.